The topological polar surface area (TPSA) is 80.7 Å². The highest BCUT2D eigenvalue weighted by atomic mass is 79.9. The zero-order valence-corrected chi connectivity index (χ0v) is 10.6. The largest absolute Gasteiger partial charge is 0.289 e. The molecule has 0 spiro atoms. The molecule has 0 fully saturated rings. The molecule has 0 atom stereocenters. The third-order valence-corrected chi connectivity index (χ3v) is 2.49. The maximum Gasteiger partial charge on any atom is 0.261 e. The summed E-state index contributed by atoms with van der Waals surface area (Å²) in [5, 5.41) is 9.78. The van der Waals surface area contributed by atoms with E-state index in [0.29, 0.717) is 4.47 Å². The van der Waals surface area contributed by atoms with E-state index in [1.165, 1.54) is 18.6 Å². The van der Waals surface area contributed by atoms with Crippen molar-refractivity contribution >= 4 is 39.4 Å². The number of hydrogen-bond acceptors (Lipinski definition) is 5. The Kier molecular flexibility index (Phi) is 3.60. The SMILES string of the molecule is O=C(Nc1nccnn1)c1cc(Br)cnc1Cl. The third kappa shape index (κ3) is 2.95. The number of nitrogens with zero attached hydrogens (tertiary/aromatic N) is 4. The van der Waals surface area contributed by atoms with Crippen LogP contribution in [0.15, 0.2) is 29.1 Å². The molecule has 0 bridgehead atoms. The number of aromatic nitrogens is 4. The average Bonchev–Trinajstić information content (AvgIpc) is 2.33. The summed E-state index contributed by atoms with van der Waals surface area (Å²) in [6.07, 6.45) is 4.33. The lowest BCUT2D eigenvalue weighted by molar-refractivity contribution is 0.102. The Morgan fingerprint density at radius 2 is 2.18 bits per heavy atom. The van der Waals surface area contributed by atoms with Gasteiger partial charge in [-0.05, 0) is 22.0 Å². The van der Waals surface area contributed by atoms with E-state index >= 15 is 0 Å². The maximum atomic E-state index is 11.8. The van der Waals surface area contributed by atoms with Gasteiger partial charge in [0.15, 0.2) is 0 Å². The van der Waals surface area contributed by atoms with E-state index in [1.54, 1.807) is 6.07 Å². The fourth-order valence-corrected chi connectivity index (χ4v) is 1.58. The van der Waals surface area contributed by atoms with Gasteiger partial charge in [0.05, 0.1) is 18.0 Å². The second kappa shape index (κ2) is 5.15. The Hall–Kier alpha value is -1.60. The predicted molar refractivity (Wildman–Crippen MR) is 64.7 cm³/mol. The molecule has 8 heteroatoms. The summed E-state index contributed by atoms with van der Waals surface area (Å²) in [6.45, 7) is 0. The molecule has 0 saturated carbocycles. The van der Waals surface area contributed by atoms with E-state index in [9.17, 15) is 4.79 Å². The lowest BCUT2D eigenvalue weighted by Gasteiger charge is -2.04. The summed E-state index contributed by atoms with van der Waals surface area (Å²) in [6, 6.07) is 1.56. The molecule has 6 nitrogen and oxygen atoms in total. The normalized spacial score (nSPS) is 10.0. The Bertz CT molecular complexity index is 550. The summed E-state index contributed by atoms with van der Waals surface area (Å²) >= 11 is 9.01. The van der Waals surface area contributed by atoms with Crippen LogP contribution >= 0.6 is 27.5 Å². The molecule has 17 heavy (non-hydrogen) atoms. The van der Waals surface area contributed by atoms with Crippen molar-refractivity contribution in [3.8, 4) is 0 Å². The minimum absolute atomic E-state index is 0.105. The second-order valence-electron chi connectivity index (χ2n) is 2.91. The molecule has 0 aliphatic heterocycles. The van der Waals surface area contributed by atoms with Crippen LogP contribution in [0.1, 0.15) is 10.4 Å². The summed E-state index contributed by atoms with van der Waals surface area (Å²) in [4.78, 5) is 19.5. The number of nitrogens with one attached hydrogen (secondary N) is 1. The van der Waals surface area contributed by atoms with Crippen LogP contribution in [0, 0.1) is 0 Å². The van der Waals surface area contributed by atoms with Gasteiger partial charge in [-0.3, -0.25) is 10.1 Å². The molecule has 0 aliphatic carbocycles. The van der Waals surface area contributed by atoms with Gasteiger partial charge in [-0.1, -0.05) is 11.6 Å². The number of pyridine rings is 1. The van der Waals surface area contributed by atoms with Crippen molar-refractivity contribution in [3.63, 3.8) is 0 Å². The van der Waals surface area contributed by atoms with E-state index in [4.69, 9.17) is 11.6 Å². The number of carbonyl (C=O) groups excluding carboxylic acids is 1. The van der Waals surface area contributed by atoms with Crippen molar-refractivity contribution in [2.75, 3.05) is 5.32 Å². The first kappa shape index (κ1) is 11.9. The van der Waals surface area contributed by atoms with Crippen molar-refractivity contribution in [3.05, 3.63) is 39.8 Å². The molecule has 0 aromatic carbocycles. The van der Waals surface area contributed by atoms with Gasteiger partial charge in [0.25, 0.3) is 5.91 Å². The quantitative estimate of drug-likeness (QED) is 0.857. The molecule has 1 amide bonds. The molecule has 2 aromatic rings. The van der Waals surface area contributed by atoms with Crippen LogP contribution in [0.2, 0.25) is 5.15 Å². The van der Waals surface area contributed by atoms with Crippen LogP contribution in [0.5, 0.6) is 0 Å². The van der Waals surface area contributed by atoms with Crippen molar-refractivity contribution in [1.82, 2.24) is 20.2 Å². The number of anilines is 1. The molecule has 0 saturated heterocycles. The summed E-state index contributed by atoms with van der Waals surface area (Å²) in [5.74, 6) is -0.342. The molecule has 2 aromatic heterocycles. The van der Waals surface area contributed by atoms with Gasteiger partial charge in [0.2, 0.25) is 5.95 Å². The Balaban J connectivity index is 2.23. The maximum absolute atomic E-state index is 11.8. The predicted octanol–water partition coefficient (Wildman–Crippen LogP) is 1.93. The molecule has 0 unspecified atom stereocenters. The van der Waals surface area contributed by atoms with Gasteiger partial charge < -0.3 is 0 Å². The number of carbonyl (C=O) groups is 1. The first-order valence-corrected chi connectivity index (χ1v) is 5.60. The average molecular weight is 315 g/mol. The Morgan fingerprint density at radius 1 is 1.35 bits per heavy atom. The highest BCUT2D eigenvalue weighted by molar-refractivity contribution is 9.10. The Morgan fingerprint density at radius 3 is 2.88 bits per heavy atom. The molecule has 0 radical (unpaired) electrons. The first-order valence-electron chi connectivity index (χ1n) is 4.43. The fraction of sp³-hybridized carbons (Fsp3) is 0. The van der Waals surface area contributed by atoms with Crippen molar-refractivity contribution in [2.45, 2.75) is 0 Å². The molecule has 2 heterocycles. The summed E-state index contributed by atoms with van der Waals surface area (Å²) in [7, 11) is 0. The van der Waals surface area contributed by atoms with Gasteiger partial charge in [0, 0.05) is 10.7 Å². The minimum atomic E-state index is -0.447. The molecule has 0 aliphatic rings. The number of amides is 1. The van der Waals surface area contributed by atoms with E-state index in [-0.39, 0.29) is 16.7 Å². The lowest BCUT2D eigenvalue weighted by Crippen LogP contribution is -2.15. The van der Waals surface area contributed by atoms with Gasteiger partial charge in [-0.2, -0.15) is 5.10 Å². The monoisotopic (exact) mass is 313 g/mol. The van der Waals surface area contributed by atoms with Gasteiger partial charge in [-0.25, -0.2) is 9.97 Å². The highest BCUT2D eigenvalue weighted by Crippen LogP contribution is 2.18. The number of hydrogen-bond donors (Lipinski definition) is 1. The smallest absolute Gasteiger partial charge is 0.261 e. The summed E-state index contributed by atoms with van der Waals surface area (Å²) in [5.41, 5.74) is 0.230. The van der Waals surface area contributed by atoms with Gasteiger partial charge >= 0.3 is 0 Å². The molecular weight excluding hydrogens is 309 g/mol. The number of rotatable bonds is 2. The van der Waals surface area contributed by atoms with Crippen LogP contribution in [-0.2, 0) is 0 Å². The standard InChI is InChI=1S/C9H5BrClN5O/c10-5-3-6(7(11)13-4-5)8(17)15-9-12-1-2-14-16-9/h1-4H,(H,12,15,16,17). The van der Waals surface area contributed by atoms with Crippen LogP contribution in [0.4, 0.5) is 5.95 Å². The van der Waals surface area contributed by atoms with Crippen molar-refractivity contribution in [2.24, 2.45) is 0 Å². The van der Waals surface area contributed by atoms with E-state index in [2.05, 4.69) is 41.4 Å². The third-order valence-electron chi connectivity index (χ3n) is 1.76. The first-order chi connectivity index (χ1) is 8.16. The molecule has 2 rings (SSSR count). The zero-order chi connectivity index (χ0) is 12.3. The van der Waals surface area contributed by atoms with Crippen LogP contribution < -0.4 is 5.32 Å². The van der Waals surface area contributed by atoms with Crippen molar-refractivity contribution < 1.29 is 4.79 Å². The zero-order valence-electron chi connectivity index (χ0n) is 8.26. The van der Waals surface area contributed by atoms with Crippen molar-refractivity contribution in [1.29, 1.82) is 0 Å². The van der Waals surface area contributed by atoms with E-state index < -0.39 is 5.91 Å². The molecule has 1 N–H and O–H groups in total. The summed E-state index contributed by atoms with van der Waals surface area (Å²) < 4.78 is 0.652. The van der Waals surface area contributed by atoms with Crippen LogP contribution in [0.3, 0.4) is 0 Å². The van der Waals surface area contributed by atoms with Crippen LogP contribution in [0.25, 0.3) is 0 Å². The fourth-order valence-electron chi connectivity index (χ4n) is 1.06. The van der Waals surface area contributed by atoms with E-state index in [0.717, 1.165) is 0 Å². The van der Waals surface area contributed by atoms with Gasteiger partial charge in [-0.15, -0.1) is 5.10 Å². The van der Waals surface area contributed by atoms with Crippen LogP contribution in [-0.4, -0.2) is 26.1 Å². The molecule has 86 valence electrons. The molecular formula is C9H5BrClN5O. The second-order valence-corrected chi connectivity index (χ2v) is 4.19. The Labute approximate surface area is 110 Å². The highest BCUT2D eigenvalue weighted by Gasteiger charge is 2.13. The lowest BCUT2D eigenvalue weighted by atomic mass is 10.3. The van der Waals surface area contributed by atoms with Gasteiger partial charge in [0.1, 0.15) is 5.15 Å². The minimum Gasteiger partial charge on any atom is -0.289 e. The van der Waals surface area contributed by atoms with E-state index in [1.807, 2.05) is 0 Å². The number of halogens is 2.